The van der Waals surface area contributed by atoms with Gasteiger partial charge in [-0.1, -0.05) is 60.0 Å². The summed E-state index contributed by atoms with van der Waals surface area (Å²) in [6, 6.07) is 20.2. The maximum atomic E-state index is 13.1. The molecule has 1 aromatic heterocycles. The zero-order chi connectivity index (χ0) is 25.9. The molecule has 1 aliphatic rings. The number of nitrogens with one attached hydrogen (secondary N) is 2. The molecular formula is C28H24Cl2N4O3. The van der Waals surface area contributed by atoms with E-state index in [1.165, 1.54) is 10.7 Å². The van der Waals surface area contributed by atoms with Crippen LogP contribution in [-0.4, -0.2) is 26.8 Å². The summed E-state index contributed by atoms with van der Waals surface area (Å²) in [5.41, 5.74) is 3.21. The van der Waals surface area contributed by atoms with Crippen molar-refractivity contribution in [1.29, 1.82) is 0 Å². The summed E-state index contributed by atoms with van der Waals surface area (Å²) >= 11 is 12.4. The van der Waals surface area contributed by atoms with Crippen molar-refractivity contribution < 1.29 is 14.7 Å². The summed E-state index contributed by atoms with van der Waals surface area (Å²) in [5.74, 6) is -0.184. The minimum absolute atomic E-state index is 0.0166. The molecule has 0 atom stereocenters. The molecule has 1 saturated carbocycles. The van der Waals surface area contributed by atoms with Crippen LogP contribution in [0.25, 0.3) is 11.3 Å². The predicted octanol–water partition coefficient (Wildman–Crippen LogP) is 6.84. The number of phenolic OH excluding ortho intramolecular Hbond substituents is 1. The van der Waals surface area contributed by atoms with Gasteiger partial charge in [0.1, 0.15) is 5.75 Å². The standard InChI is InChI=1S/C28H24Cl2N4O3/c29-22-10-3-1-6-18(22)16-31-28(37)34-25(17-7-5-8-17)15-24(33-34)21-14-19(12-13-26(21)35)32-27(36)20-9-2-4-11-23(20)30/h1-4,6,9-15,17,35H,5,7-8,16H2,(H,31,37)(H,32,36). The van der Waals surface area contributed by atoms with Gasteiger partial charge in [-0.2, -0.15) is 9.78 Å². The van der Waals surface area contributed by atoms with Gasteiger partial charge in [-0.15, -0.1) is 0 Å². The average molecular weight is 535 g/mol. The van der Waals surface area contributed by atoms with Gasteiger partial charge in [0, 0.05) is 28.7 Å². The van der Waals surface area contributed by atoms with Crippen LogP contribution >= 0.6 is 23.2 Å². The highest BCUT2D eigenvalue weighted by molar-refractivity contribution is 6.34. The number of carbonyl (C=O) groups is 2. The summed E-state index contributed by atoms with van der Waals surface area (Å²) < 4.78 is 1.37. The lowest BCUT2D eigenvalue weighted by Gasteiger charge is -2.25. The Hall–Kier alpha value is -3.81. The first-order valence-electron chi connectivity index (χ1n) is 11.9. The fraction of sp³-hybridized carbons (Fsp3) is 0.179. The van der Waals surface area contributed by atoms with E-state index in [0.717, 1.165) is 30.5 Å². The number of aromatic nitrogens is 2. The number of halogens is 2. The highest BCUT2D eigenvalue weighted by atomic mass is 35.5. The zero-order valence-corrected chi connectivity index (χ0v) is 21.3. The van der Waals surface area contributed by atoms with Gasteiger partial charge in [0.25, 0.3) is 5.91 Å². The average Bonchev–Trinajstić information content (AvgIpc) is 3.28. The first-order valence-corrected chi connectivity index (χ1v) is 12.7. The second-order valence-corrected chi connectivity index (χ2v) is 9.72. The van der Waals surface area contributed by atoms with Crippen molar-refractivity contribution in [3.05, 3.63) is 99.7 Å². The molecule has 5 rings (SSSR count). The number of anilines is 1. The molecular weight excluding hydrogens is 511 g/mol. The molecule has 0 saturated heterocycles. The molecule has 1 aliphatic carbocycles. The summed E-state index contributed by atoms with van der Waals surface area (Å²) in [7, 11) is 0. The van der Waals surface area contributed by atoms with E-state index in [1.54, 1.807) is 42.5 Å². The van der Waals surface area contributed by atoms with Gasteiger partial charge >= 0.3 is 6.03 Å². The molecule has 3 aromatic carbocycles. The van der Waals surface area contributed by atoms with Crippen LogP contribution in [0.5, 0.6) is 5.75 Å². The van der Waals surface area contributed by atoms with Crippen LogP contribution in [0.2, 0.25) is 10.0 Å². The molecule has 9 heteroatoms. The molecule has 4 aromatic rings. The first kappa shape index (κ1) is 24.9. The Bertz CT molecular complexity index is 1480. The van der Waals surface area contributed by atoms with Crippen molar-refractivity contribution in [2.75, 3.05) is 5.32 Å². The van der Waals surface area contributed by atoms with E-state index in [9.17, 15) is 14.7 Å². The van der Waals surface area contributed by atoms with Crippen molar-refractivity contribution >= 4 is 40.8 Å². The van der Waals surface area contributed by atoms with Gasteiger partial charge in [-0.05, 0) is 60.9 Å². The highest BCUT2D eigenvalue weighted by Crippen LogP contribution is 2.39. The molecule has 2 amide bonds. The summed E-state index contributed by atoms with van der Waals surface area (Å²) in [6.45, 7) is 0.257. The van der Waals surface area contributed by atoms with Crippen molar-refractivity contribution in [3.8, 4) is 17.0 Å². The van der Waals surface area contributed by atoms with Gasteiger partial charge in [0.15, 0.2) is 0 Å². The van der Waals surface area contributed by atoms with Crippen LogP contribution < -0.4 is 10.6 Å². The lowest BCUT2D eigenvalue weighted by Crippen LogP contribution is -2.31. The quantitative estimate of drug-likeness (QED) is 0.236. The molecule has 3 N–H and O–H groups in total. The Labute approximate surface area is 224 Å². The SMILES string of the molecule is O=C(Nc1ccc(O)c(-c2cc(C3CCC3)n(C(=O)NCc3ccccc3Cl)n2)c1)c1ccccc1Cl. The Balaban J connectivity index is 1.42. The van der Waals surface area contributed by atoms with Crippen LogP contribution in [0.1, 0.15) is 46.8 Å². The number of carbonyl (C=O) groups excluding carboxylic acids is 2. The van der Waals surface area contributed by atoms with E-state index in [2.05, 4.69) is 15.7 Å². The second kappa shape index (κ2) is 10.7. The maximum absolute atomic E-state index is 13.1. The Morgan fingerprint density at radius 2 is 1.70 bits per heavy atom. The number of aromatic hydroxyl groups is 1. The van der Waals surface area contributed by atoms with E-state index in [-0.39, 0.29) is 30.2 Å². The molecule has 1 heterocycles. The van der Waals surface area contributed by atoms with E-state index in [1.807, 2.05) is 24.3 Å². The van der Waals surface area contributed by atoms with E-state index in [4.69, 9.17) is 23.2 Å². The van der Waals surface area contributed by atoms with Crippen LogP contribution in [-0.2, 0) is 6.54 Å². The zero-order valence-electron chi connectivity index (χ0n) is 19.7. The van der Waals surface area contributed by atoms with Crippen LogP contribution in [0.3, 0.4) is 0 Å². The number of rotatable bonds is 6. The highest BCUT2D eigenvalue weighted by Gasteiger charge is 2.28. The molecule has 0 radical (unpaired) electrons. The fourth-order valence-electron chi connectivity index (χ4n) is 4.23. The van der Waals surface area contributed by atoms with Crippen molar-refractivity contribution in [2.24, 2.45) is 0 Å². The molecule has 37 heavy (non-hydrogen) atoms. The van der Waals surface area contributed by atoms with E-state index < -0.39 is 0 Å². The van der Waals surface area contributed by atoms with Crippen molar-refractivity contribution in [2.45, 2.75) is 31.7 Å². The molecule has 0 bridgehead atoms. The summed E-state index contributed by atoms with van der Waals surface area (Å²) in [4.78, 5) is 25.9. The summed E-state index contributed by atoms with van der Waals surface area (Å²) in [6.07, 6.45) is 3.01. The molecule has 7 nitrogen and oxygen atoms in total. The predicted molar refractivity (Wildman–Crippen MR) is 144 cm³/mol. The Morgan fingerprint density at radius 3 is 2.41 bits per heavy atom. The maximum Gasteiger partial charge on any atom is 0.342 e. The number of nitrogens with zero attached hydrogens (tertiary/aromatic N) is 2. The van der Waals surface area contributed by atoms with Crippen LogP contribution in [0.15, 0.2) is 72.8 Å². The Morgan fingerprint density at radius 1 is 0.973 bits per heavy atom. The number of hydrogen-bond donors (Lipinski definition) is 3. The van der Waals surface area contributed by atoms with E-state index >= 15 is 0 Å². The van der Waals surface area contributed by atoms with E-state index in [0.29, 0.717) is 32.6 Å². The third-order valence-electron chi connectivity index (χ3n) is 6.49. The number of benzene rings is 3. The minimum Gasteiger partial charge on any atom is -0.507 e. The van der Waals surface area contributed by atoms with Gasteiger partial charge in [-0.3, -0.25) is 4.79 Å². The normalized spacial score (nSPS) is 13.1. The largest absolute Gasteiger partial charge is 0.507 e. The molecule has 0 unspecified atom stereocenters. The van der Waals surface area contributed by atoms with Gasteiger partial charge in [0.05, 0.1) is 22.0 Å². The van der Waals surface area contributed by atoms with Crippen LogP contribution in [0.4, 0.5) is 10.5 Å². The van der Waals surface area contributed by atoms with Gasteiger partial charge in [0.2, 0.25) is 0 Å². The molecule has 1 fully saturated rings. The lowest BCUT2D eigenvalue weighted by molar-refractivity contribution is 0.102. The third kappa shape index (κ3) is 5.33. The van der Waals surface area contributed by atoms with Crippen molar-refractivity contribution in [3.63, 3.8) is 0 Å². The molecule has 0 spiro atoms. The minimum atomic E-state index is -0.379. The lowest BCUT2D eigenvalue weighted by atomic mass is 9.82. The monoisotopic (exact) mass is 534 g/mol. The fourth-order valence-corrected chi connectivity index (χ4v) is 4.66. The summed E-state index contributed by atoms with van der Waals surface area (Å²) in [5, 5.41) is 21.8. The van der Waals surface area contributed by atoms with Gasteiger partial charge < -0.3 is 15.7 Å². The smallest absolute Gasteiger partial charge is 0.342 e. The first-order chi connectivity index (χ1) is 17.9. The van der Waals surface area contributed by atoms with Gasteiger partial charge in [-0.25, -0.2) is 4.79 Å². The number of phenols is 1. The number of hydrogen-bond acceptors (Lipinski definition) is 4. The van der Waals surface area contributed by atoms with Crippen molar-refractivity contribution in [1.82, 2.24) is 15.1 Å². The molecule has 0 aliphatic heterocycles. The Kier molecular flexibility index (Phi) is 7.17. The second-order valence-electron chi connectivity index (χ2n) is 8.91. The topological polar surface area (TPSA) is 96.2 Å². The molecule has 188 valence electrons. The third-order valence-corrected chi connectivity index (χ3v) is 7.19. The number of amides is 2. The van der Waals surface area contributed by atoms with Crippen LogP contribution in [0, 0.1) is 0 Å².